The second-order valence-corrected chi connectivity index (χ2v) is 7.12. The van der Waals surface area contributed by atoms with E-state index in [1.807, 2.05) is 6.92 Å². The lowest BCUT2D eigenvalue weighted by atomic mass is 10.0. The summed E-state index contributed by atoms with van der Waals surface area (Å²) in [6.45, 7) is 2.00. The van der Waals surface area contributed by atoms with Crippen LogP contribution < -0.4 is 10.6 Å². The second kappa shape index (κ2) is 10.5. The van der Waals surface area contributed by atoms with Gasteiger partial charge >= 0.3 is 5.97 Å². The SMILES string of the molecule is CCCC[C@H](NC(=O)/C=C/c1ccc(O)cc1)C(=O)N[C@H]1CCC[C@H]1C(=O)O. The van der Waals surface area contributed by atoms with Crippen LogP contribution in [0.2, 0.25) is 0 Å². The minimum Gasteiger partial charge on any atom is -0.508 e. The molecule has 0 aliphatic heterocycles. The largest absolute Gasteiger partial charge is 0.508 e. The van der Waals surface area contributed by atoms with Crippen LogP contribution in [0.3, 0.4) is 0 Å². The Bertz CT molecular complexity index is 714. The average Bonchev–Trinajstić information content (AvgIpc) is 3.13. The summed E-state index contributed by atoms with van der Waals surface area (Å²) in [6.07, 6.45) is 7.04. The Kier molecular flexibility index (Phi) is 8.04. The Morgan fingerprint density at radius 3 is 2.57 bits per heavy atom. The first kappa shape index (κ1) is 21.5. The monoisotopic (exact) mass is 388 g/mol. The molecule has 0 saturated heterocycles. The summed E-state index contributed by atoms with van der Waals surface area (Å²) in [4.78, 5) is 36.2. The number of aliphatic carboxylic acids is 1. The summed E-state index contributed by atoms with van der Waals surface area (Å²) >= 11 is 0. The summed E-state index contributed by atoms with van der Waals surface area (Å²) in [7, 11) is 0. The predicted octanol–water partition coefficient (Wildman–Crippen LogP) is 2.45. The number of carbonyl (C=O) groups is 3. The van der Waals surface area contributed by atoms with Crippen LogP contribution in [0, 0.1) is 5.92 Å². The zero-order valence-electron chi connectivity index (χ0n) is 16.1. The molecule has 1 saturated carbocycles. The Morgan fingerprint density at radius 1 is 1.21 bits per heavy atom. The van der Waals surface area contributed by atoms with Gasteiger partial charge in [0.2, 0.25) is 11.8 Å². The van der Waals surface area contributed by atoms with Gasteiger partial charge in [-0.2, -0.15) is 0 Å². The van der Waals surface area contributed by atoms with Crippen molar-refractivity contribution in [3.8, 4) is 5.75 Å². The van der Waals surface area contributed by atoms with E-state index in [0.29, 0.717) is 19.3 Å². The number of rotatable bonds is 9. The van der Waals surface area contributed by atoms with E-state index in [9.17, 15) is 24.6 Å². The topological polar surface area (TPSA) is 116 Å². The van der Waals surface area contributed by atoms with Crippen LogP contribution in [-0.2, 0) is 14.4 Å². The van der Waals surface area contributed by atoms with Crippen LogP contribution >= 0.6 is 0 Å². The van der Waals surface area contributed by atoms with Crippen molar-refractivity contribution in [2.24, 2.45) is 5.92 Å². The van der Waals surface area contributed by atoms with Crippen molar-refractivity contribution >= 4 is 23.9 Å². The fraction of sp³-hybridized carbons (Fsp3) is 0.476. The molecule has 7 nitrogen and oxygen atoms in total. The second-order valence-electron chi connectivity index (χ2n) is 7.12. The van der Waals surface area contributed by atoms with Crippen molar-refractivity contribution in [2.75, 3.05) is 0 Å². The number of phenols is 1. The minimum absolute atomic E-state index is 0.143. The van der Waals surface area contributed by atoms with E-state index in [0.717, 1.165) is 24.8 Å². The van der Waals surface area contributed by atoms with Gasteiger partial charge in [-0.25, -0.2) is 0 Å². The molecular weight excluding hydrogens is 360 g/mol. The molecule has 1 fully saturated rings. The molecule has 2 amide bonds. The highest BCUT2D eigenvalue weighted by molar-refractivity contribution is 5.95. The van der Waals surface area contributed by atoms with E-state index in [-0.39, 0.29) is 11.7 Å². The number of benzene rings is 1. The maximum atomic E-state index is 12.6. The summed E-state index contributed by atoms with van der Waals surface area (Å²) in [5.41, 5.74) is 0.748. The summed E-state index contributed by atoms with van der Waals surface area (Å²) in [5, 5.41) is 24.1. The van der Waals surface area contributed by atoms with Crippen LogP contribution in [0.25, 0.3) is 6.08 Å². The first-order valence-corrected chi connectivity index (χ1v) is 9.71. The Morgan fingerprint density at radius 2 is 1.93 bits per heavy atom. The normalized spacial score (nSPS) is 20.0. The number of hydrogen-bond donors (Lipinski definition) is 4. The van der Waals surface area contributed by atoms with E-state index >= 15 is 0 Å². The molecule has 7 heteroatoms. The molecular formula is C21H28N2O5. The third kappa shape index (κ3) is 6.40. The van der Waals surface area contributed by atoms with E-state index < -0.39 is 29.9 Å². The molecule has 1 aliphatic rings. The molecule has 0 radical (unpaired) electrons. The lowest BCUT2D eigenvalue weighted by Crippen LogP contribution is -2.50. The molecule has 0 unspecified atom stereocenters. The molecule has 3 atom stereocenters. The van der Waals surface area contributed by atoms with Gasteiger partial charge in [-0.05, 0) is 43.0 Å². The molecule has 0 bridgehead atoms. The number of unbranched alkanes of at least 4 members (excludes halogenated alkanes) is 1. The van der Waals surface area contributed by atoms with Gasteiger partial charge in [0.15, 0.2) is 0 Å². The molecule has 1 aromatic carbocycles. The van der Waals surface area contributed by atoms with Crippen molar-refractivity contribution < 1.29 is 24.6 Å². The quantitative estimate of drug-likeness (QED) is 0.485. The first-order valence-electron chi connectivity index (χ1n) is 9.71. The highest BCUT2D eigenvalue weighted by atomic mass is 16.4. The molecule has 2 rings (SSSR count). The summed E-state index contributed by atoms with van der Waals surface area (Å²) in [6, 6.07) is 5.30. The van der Waals surface area contributed by atoms with E-state index in [1.54, 1.807) is 18.2 Å². The van der Waals surface area contributed by atoms with Gasteiger partial charge in [-0.3, -0.25) is 14.4 Å². The van der Waals surface area contributed by atoms with Gasteiger partial charge < -0.3 is 20.8 Å². The first-order chi connectivity index (χ1) is 13.4. The van der Waals surface area contributed by atoms with Gasteiger partial charge in [0.1, 0.15) is 11.8 Å². The fourth-order valence-electron chi connectivity index (χ4n) is 3.37. The number of aromatic hydroxyl groups is 1. The Labute approximate surface area is 164 Å². The zero-order valence-corrected chi connectivity index (χ0v) is 16.1. The van der Waals surface area contributed by atoms with Crippen LogP contribution in [0.5, 0.6) is 5.75 Å². The summed E-state index contributed by atoms with van der Waals surface area (Å²) in [5.74, 6) is -2.05. The average molecular weight is 388 g/mol. The van der Waals surface area contributed by atoms with Crippen LogP contribution in [0.1, 0.15) is 51.0 Å². The fourth-order valence-corrected chi connectivity index (χ4v) is 3.37. The standard InChI is InChI=1S/C21H28N2O5/c1-2-3-6-18(20(26)23-17-7-4-5-16(17)21(27)28)22-19(25)13-10-14-8-11-15(24)12-9-14/h8-13,16-18,24H,2-7H2,1H3,(H,22,25)(H,23,26)(H,27,28)/b13-10+/t16-,17+,18+/m1/s1. The number of phenolic OH excluding ortho intramolecular Hbond substituents is 1. The van der Waals surface area contributed by atoms with E-state index in [2.05, 4.69) is 10.6 Å². The van der Waals surface area contributed by atoms with Gasteiger partial charge in [0.25, 0.3) is 0 Å². The molecule has 1 aromatic rings. The summed E-state index contributed by atoms with van der Waals surface area (Å²) < 4.78 is 0. The van der Waals surface area contributed by atoms with Crippen LogP contribution in [0.4, 0.5) is 0 Å². The molecule has 4 N–H and O–H groups in total. The lowest BCUT2D eigenvalue weighted by Gasteiger charge is -2.22. The number of carbonyl (C=O) groups excluding carboxylic acids is 2. The lowest BCUT2D eigenvalue weighted by molar-refractivity contribution is -0.142. The van der Waals surface area contributed by atoms with E-state index in [1.165, 1.54) is 18.2 Å². The number of amides is 2. The number of carboxylic acid groups (broad SMARTS) is 1. The smallest absolute Gasteiger partial charge is 0.308 e. The molecule has 28 heavy (non-hydrogen) atoms. The maximum absolute atomic E-state index is 12.6. The third-order valence-electron chi connectivity index (χ3n) is 4.96. The Balaban J connectivity index is 1.97. The number of carboxylic acids is 1. The highest BCUT2D eigenvalue weighted by Crippen LogP contribution is 2.26. The zero-order chi connectivity index (χ0) is 20.5. The highest BCUT2D eigenvalue weighted by Gasteiger charge is 2.35. The van der Waals surface area contributed by atoms with Crippen molar-refractivity contribution in [1.29, 1.82) is 0 Å². The molecule has 0 heterocycles. The third-order valence-corrected chi connectivity index (χ3v) is 4.96. The maximum Gasteiger partial charge on any atom is 0.308 e. The van der Waals surface area contributed by atoms with Gasteiger partial charge in [-0.15, -0.1) is 0 Å². The van der Waals surface area contributed by atoms with E-state index in [4.69, 9.17) is 0 Å². The van der Waals surface area contributed by atoms with Crippen molar-refractivity contribution in [3.63, 3.8) is 0 Å². The number of hydrogen-bond acceptors (Lipinski definition) is 4. The molecule has 0 aromatic heterocycles. The van der Waals surface area contributed by atoms with Gasteiger partial charge in [0.05, 0.1) is 5.92 Å². The van der Waals surface area contributed by atoms with Crippen LogP contribution in [-0.4, -0.2) is 40.1 Å². The molecule has 0 spiro atoms. The van der Waals surface area contributed by atoms with Crippen molar-refractivity contribution in [2.45, 2.75) is 57.5 Å². The van der Waals surface area contributed by atoms with Crippen LogP contribution in [0.15, 0.2) is 30.3 Å². The molecule has 1 aliphatic carbocycles. The van der Waals surface area contributed by atoms with Gasteiger partial charge in [-0.1, -0.05) is 38.3 Å². The predicted molar refractivity (Wildman–Crippen MR) is 106 cm³/mol. The Hall–Kier alpha value is -2.83. The number of nitrogens with one attached hydrogen (secondary N) is 2. The minimum atomic E-state index is -0.895. The molecule has 152 valence electrons. The van der Waals surface area contributed by atoms with Gasteiger partial charge in [0, 0.05) is 12.1 Å². The van der Waals surface area contributed by atoms with Crippen molar-refractivity contribution in [1.82, 2.24) is 10.6 Å². The van der Waals surface area contributed by atoms with Crippen molar-refractivity contribution in [3.05, 3.63) is 35.9 Å².